The molecule has 0 radical (unpaired) electrons. The molecular formula is C14H9N3O3S. The van der Waals surface area contributed by atoms with Crippen molar-refractivity contribution < 1.29 is 13.2 Å². The SMILES string of the molecule is N#Cc1cc(N)ccc1OC1=NS(=O)(=O)c2ccccc21. The number of sulfonamides is 1. The summed E-state index contributed by atoms with van der Waals surface area (Å²) in [6.45, 7) is 0. The first kappa shape index (κ1) is 13.1. The van der Waals surface area contributed by atoms with Crippen molar-refractivity contribution in [1.29, 1.82) is 5.26 Å². The van der Waals surface area contributed by atoms with Crippen LogP contribution in [0.1, 0.15) is 11.1 Å². The summed E-state index contributed by atoms with van der Waals surface area (Å²) < 4.78 is 32.9. The first-order chi connectivity index (χ1) is 10.0. The molecule has 0 bridgehead atoms. The number of hydrogen-bond acceptors (Lipinski definition) is 5. The lowest BCUT2D eigenvalue weighted by Gasteiger charge is -2.07. The molecule has 0 atom stereocenters. The lowest BCUT2D eigenvalue weighted by Crippen LogP contribution is -2.09. The number of rotatable bonds is 1. The molecule has 2 N–H and O–H groups in total. The minimum absolute atomic E-state index is 0.0492. The van der Waals surface area contributed by atoms with Gasteiger partial charge >= 0.3 is 0 Å². The van der Waals surface area contributed by atoms with Gasteiger partial charge in [-0.15, -0.1) is 4.40 Å². The van der Waals surface area contributed by atoms with E-state index < -0.39 is 10.0 Å². The molecule has 2 aromatic carbocycles. The molecule has 6 nitrogen and oxygen atoms in total. The Kier molecular flexibility index (Phi) is 2.89. The fourth-order valence-electron chi connectivity index (χ4n) is 1.98. The summed E-state index contributed by atoms with van der Waals surface area (Å²) in [5.74, 6) is 0.157. The Morgan fingerprint density at radius 3 is 2.71 bits per heavy atom. The van der Waals surface area contributed by atoms with Crippen molar-refractivity contribution in [2.24, 2.45) is 4.40 Å². The number of benzene rings is 2. The van der Waals surface area contributed by atoms with E-state index in [4.69, 9.17) is 15.7 Å². The number of nitriles is 1. The number of nitrogens with zero attached hydrogens (tertiary/aromatic N) is 2. The second kappa shape index (κ2) is 4.61. The van der Waals surface area contributed by atoms with Crippen molar-refractivity contribution in [3.63, 3.8) is 0 Å². The largest absolute Gasteiger partial charge is 0.436 e. The van der Waals surface area contributed by atoms with E-state index in [1.807, 2.05) is 6.07 Å². The highest BCUT2D eigenvalue weighted by Gasteiger charge is 2.30. The number of nitrogens with two attached hydrogens (primary N) is 1. The van der Waals surface area contributed by atoms with E-state index in [1.165, 1.54) is 18.2 Å². The highest BCUT2D eigenvalue weighted by atomic mass is 32.2. The smallest absolute Gasteiger partial charge is 0.286 e. The zero-order chi connectivity index (χ0) is 15.0. The van der Waals surface area contributed by atoms with Crippen molar-refractivity contribution in [2.45, 2.75) is 4.90 Å². The van der Waals surface area contributed by atoms with Crippen LogP contribution in [0.5, 0.6) is 5.75 Å². The third-order valence-electron chi connectivity index (χ3n) is 2.93. The van der Waals surface area contributed by atoms with Crippen LogP contribution in [-0.2, 0) is 10.0 Å². The Bertz CT molecular complexity index is 911. The van der Waals surface area contributed by atoms with Crippen LogP contribution in [0.2, 0.25) is 0 Å². The molecule has 7 heteroatoms. The van der Waals surface area contributed by atoms with E-state index in [9.17, 15) is 8.42 Å². The molecular weight excluding hydrogens is 290 g/mol. The molecule has 3 rings (SSSR count). The van der Waals surface area contributed by atoms with Crippen LogP contribution in [0.25, 0.3) is 0 Å². The van der Waals surface area contributed by atoms with Crippen molar-refractivity contribution in [3.05, 3.63) is 53.6 Å². The highest BCUT2D eigenvalue weighted by Crippen LogP contribution is 2.29. The number of anilines is 1. The van der Waals surface area contributed by atoms with Crippen molar-refractivity contribution in [3.8, 4) is 11.8 Å². The Morgan fingerprint density at radius 1 is 1.19 bits per heavy atom. The quantitative estimate of drug-likeness (QED) is 0.806. The lowest BCUT2D eigenvalue weighted by molar-refractivity contribution is 0.552. The first-order valence-electron chi connectivity index (χ1n) is 5.93. The van der Waals surface area contributed by atoms with E-state index >= 15 is 0 Å². The minimum Gasteiger partial charge on any atom is -0.436 e. The molecule has 1 aliphatic heterocycles. The molecule has 0 aromatic heterocycles. The predicted octanol–water partition coefficient (Wildman–Crippen LogP) is 1.67. The molecule has 0 aliphatic carbocycles. The van der Waals surface area contributed by atoms with Gasteiger partial charge in [0.25, 0.3) is 10.0 Å². The topological polar surface area (TPSA) is 106 Å². The van der Waals surface area contributed by atoms with E-state index in [1.54, 1.807) is 24.3 Å². The molecule has 0 unspecified atom stereocenters. The Hall–Kier alpha value is -2.85. The van der Waals surface area contributed by atoms with Crippen LogP contribution in [0.15, 0.2) is 51.8 Å². The van der Waals surface area contributed by atoms with Gasteiger partial charge in [-0.25, -0.2) is 0 Å². The highest BCUT2D eigenvalue weighted by molar-refractivity contribution is 7.90. The normalized spacial score (nSPS) is 14.9. The maximum atomic E-state index is 11.9. The van der Waals surface area contributed by atoms with Gasteiger partial charge < -0.3 is 10.5 Å². The maximum Gasteiger partial charge on any atom is 0.286 e. The predicted molar refractivity (Wildman–Crippen MR) is 76.4 cm³/mol. The monoisotopic (exact) mass is 299 g/mol. The van der Waals surface area contributed by atoms with Gasteiger partial charge in [0.15, 0.2) is 0 Å². The molecule has 0 saturated heterocycles. The van der Waals surface area contributed by atoms with E-state index in [2.05, 4.69) is 4.40 Å². The van der Waals surface area contributed by atoms with Crippen LogP contribution in [0.4, 0.5) is 5.69 Å². The molecule has 2 aromatic rings. The molecule has 1 aliphatic rings. The third-order valence-corrected chi connectivity index (χ3v) is 4.25. The van der Waals surface area contributed by atoms with Crippen LogP contribution < -0.4 is 10.5 Å². The van der Waals surface area contributed by atoms with Crippen LogP contribution >= 0.6 is 0 Å². The third kappa shape index (κ3) is 2.22. The second-order valence-corrected chi connectivity index (χ2v) is 5.91. The van der Waals surface area contributed by atoms with Gasteiger partial charge in [0.1, 0.15) is 16.7 Å². The Labute approximate surface area is 121 Å². The minimum atomic E-state index is -3.75. The van der Waals surface area contributed by atoms with Crippen LogP contribution in [-0.4, -0.2) is 14.3 Å². The Morgan fingerprint density at radius 2 is 1.95 bits per heavy atom. The fraction of sp³-hybridized carbons (Fsp3) is 0. The molecule has 0 saturated carbocycles. The van der Waals surface area contributed by atoms with E-state index in [-0.39, 0.29) is 22.1 Å². The molecule has 0 spiro atoms. The number of nitrogen functional groups attached to an aromatic ring is 1. The summed E-state index contributed by atoms with van der Waals surface area (Å²) in [7, 11) is -3.75. The van der Waals surface area contributed by atoms with Gasteiger partial charge in [0.2, 0.25) is 5.90 Å². The second-order valence-electron chi connectivity index (χ2n) is 4.34. The van der Waals surface area contributed by atoms with Gasteiger partial charge in [-0.2, -0.15) is 13.7 Å². The van der Waals surface area contributed by atoms with Gasteiger partial charge in [0, 0.05) is 5.69 Å². The molecule has 0 fully saturated rings. The summed E-state index contributed by atoms with van der Waals surface area (Å²) in [6.07, 6.45) is 0. The summed E-state index contributed by atoms with van der Waals surface area (Å²) >= 11 is 0. The zero-order valence-electron chi connectivity index (χ0n) is 10.6. The van der Waals surface area contributed by atoms with E-state index in [0.717, 1.165) is 0 Å². The van der Waals surface area contributed by atoms with Crippen molar-refractivity contribution >= 4 is 21.6 Å². The lowest BCUT2D eigenvalue weighted by atomic mass is 10.2. The summed E-state index contributed by atoms with van der Waals surface area (Å²) in [5.41, 5.74) is 6.60. The van der Waals surface area contributed by atoms with Gasteiger partial charge in [0.05, 0.1) is 11.1 Å². The van der Waals surface area contributed by atoms with Crippen molar-refractivity contribution in [2.75, 3.05) is 5.73 Å². The number of ether oxygens (including phenoxy) is 1. The molecule has 21 heavy (non-hydrogen) atoms. The van der Waals surface area contributed by atoms with Crippen molar-refractivity contribution in [1.82, 2.24) is 0 Å². The first-order valence-corrected chi connectivity index (χ1v) is 7.37. The van der Waals surface area contributed by atoms with Gasteiger partial charge in [-0.3, -0.25) is 0 Å². The Balaban J connectivity index is 2.07. The average molecular weight is 299 g/mol. The summed E-state index contributed by atoms with van der Waals surface area (Å²) in [4.78, 5) is 0.0916. The summed E-state index contributed by atoms with van der Waals surface area (Å²) in [6, 6.07) is 12.8. The molecule has 1 heterocycles. The van der Waals surface area contributed by atoms with E-state index in [0.29, 0.717) is 11.3 Å². The standard InChI is InChI=1S/C14H9N3O3S/c15-8-9-7-10(16)5-6-12(9)20-14-11-3-1-2-4-13(11)21(18,19)17-14/h1-7H,16H2. The average Bonchev–Trinajstić information content (AvgIpc) is 2.73. The molecule has 104 valence electrons. The maximum absolute atomic E-state index is 11.9. The molecule has 0 amide bonds. The fourth-order valence-corrected chi connectivity index (χ4v) is 3.11. The number of hydrogen-bond donors (Lipinski definition) is 1. The zero-order valence-corrected chi connectivity index (χ0v) is 11.5. The summed E-state index contributed by atoms with van der Waals surface area (Å²) in [5, 5.41) is 9.07. The van der Waals surface area contributed by atoms with Crippen LogP contribution in [0.3, 0.4) is 0 Å². The van der Waals surface area contributed by atoms with Gasteiger partial charge in [-0.05, 0) is 30.3 Å². The number of fused-ring (bicyclic) bond motifs is 1. The van der Waals surface area contributed by atoms with Gasteiger partial charge in [-0.1, -0.05) is 12.1 Å². The van der Waals surface area contributed by atoms with Crippen LogP contribution in [0, 0.1) is 11.3 Å².